The van der Waals surface area contributed by atoms with Gasteiger partial charge >= 0.3 is 0 Å². The lowest BCUT2D eigenvalue weighted by molar-refractivity contribution is -0.123. The van der Waals surface area contributed by atoms with Crippen molar-refractivity contribution >= 4 is 17.7 Å². The third kappa shape index (κ3) is 2.16. The Hall–Kier alpha value is -0.220. The van der Waals surface area contributed by atoms with Gasteiger partial charge in [-0.15, -0.1) is 11.8 Å². The molecule has 2 fully saturated rings. The van der Waals surface area contributed by atoms with E-state index in [-0.39, 0.29) is 16.7 Å². The summed E-state index contributed by atoms with van der Waals surface area (Å²) in [5.41, 5.74) is 6.25. The van der Waals surface area contributed by atoms with Gasteiger partial charge in [0.25, 0.3) is 0 Å². The monoisotopic (exact) mass is 228 g/mol. The van der Waals surface area contributed by atoms with Crippen molar-refractivity contribution in [2.45, 2.75) is 42.9 Å². The predicted molar refractivity (Wildman–Crippen MR) is 63.8 cm³/mol. The van der Waals surface area contributed by atoms with Gasteiger partial charge in [0.2, 0.25) is 5.91 Å². The number of hydrogen-bond donors (Lipinski definition) is 2. The normalized spacial score (nSPS) is 32.7. The van der Waals surface area contributed by atoms with E-state index in [9.17, 15) is 4.79 Å². The maximum Gasteiger partial charge on any atom is 0.237 e. The maximum absolute atomic E-state index is 12.0. The summed E-state index contributed by atoms with van der Waals surface area (Å²) in [6, 6.07) is 0.0393. The first-order valence-electron chi connectivity index (χ1n) is 5.81. The Kier molecular flexibility index (Phi) is 3.26. The average molecular weight is 228 g/mol. The molecule has 86 valence electrons. The summed E-state index contributed by atoms with van der Waals surface area (Å²) in [4.78, 5) is 12.0. The Morgan fingerprint density at radius 3 is 2.87 bits per heavy atom. The highest BCUT2D eigenvalue weighted by Crippen LogP contribution is 2.44. The van der Waals surface area contributed by atoms with Crippen LogP contribution in [-0.4, -0.2) is 29.5 Å². The number of carbonyl (C=O) groups excluding carboxylic acids is 1. The summed E-state index contributed by atoms with van der Waals surface area (Å²) in [5, 5.41) is 2.78. The van der Waals surface area contributed by atoms with Crippen LogP contribution in [0.4, 0.5) is 0 Å². The molecule has 3 nitrogen and oxygen atoms in total. The molecule has 2 atom stereocenters. The van der Waals surface area contributed by atoms with E-state index in [1.165, 1.54) is 12.8 Å². The van der Waals surface area contributed by atoms with Crippen LogP contribution in [0.5, 0.6) is 0 Å². The minimum atomic E-state index is -0.322. The summed E-state index contributed by atoms with van der Waals surface area (Å²) >= 11 is 1.76. The summed E-state index contributed by atoms with van der Waals surface area (Å²) in [7, 11) is 1.72. The molecular weight excluding hydrogens is 208 g/mol. The Morgan fingerprint density at radius 1 is 1.67 bits per heavy atom. The fourth-order valence-corrected chi connectivity index (χ4v) is 3.90. The zero-order chi connectivity index (χ0) is 10.9. The second-order valence-corrected chi connectivity index (χ2v) is 6.13. The molecule has 4 heteroatoms. The number of rotatable bonds is 4. The first-order chi connectivity index (χ1) is 7.19. The Morgan fingerprint density at radius 2 is 2.40 bits per heavy atom. The average Bonchev–Trinajstić information content (AvgIpc) is 2.91. The first-order valence-corrected chi connectivity index (χ1v) is 6.79. The van der Waals surface area contributed by atoms with Crippen LogP contribution < -0.4 is 11.1 Å². The van der Waals surface area contributed by atoms with Crippen molar-refractivity contribution in [3.05, 3.63) is 0 Å². The van der Waals surface area contributed by atoms with E-state index in [2.05, 4.69) is 5.32 Å². The molecular formula is C11H20N2OS. The third-order valence-corrected chi connectivity index (χ3v) is 5.25. The van der Waals surface area contributed by atoms with E-state index in [1.807, 2.05) is 0 Å². The number of amides is 1. The van der Waals surface area contributed by atoms with Crippen LogP contribution in [0.15, 0.2) is 0 Å². The Bertz CT molecular complexity index is 247. The lowest BCUT2D eigenvalue weighted by atomic mass is 9.90. The standard InChI is InChI=1S/C11H20N2OS/c1-13-10(14)11(5-2-6-15-11)9(12)7-8-3-4-8/h8-9H,2-7,12H2,1H3,(H,13,14). The van der Waals surface area contributed by atoms with Crippen LogP contribution in [0.3, 0.4) is 0 Å². The summed E-state index contributed by atoms with van der Waals surface area (Å²) in [6.45, 7) is 0. The predicted octanol–water partition coefficient (Wildman–Crippen LogP) is 1.13. The van der Waals surface area contributed by atoms with Crippen LogP contribution in [0.1, 0.15) is 32.1 Å². The van der Waals surface area contributed by atoms with Crippen LogP contribution in [0.2, 0.25) is 0 Å². The minimum Gasteiger partial charge on any atom is -0.358 e. The van der Waals surface area contributed by atoms with Gasteiger partial charge in [0.05, 0.1) is 0 Å². The van der Waals surface area contributed by atoms with Gasteiger partial charge < -0.3 is 11.1 Å². The van der Waals surface area contributed by atoms with E-state index in [4.69, 9.17) is 5.73 Å². The van der Waals surface area contributed by atoms with Crippen molar-refractivity contribution < 1.29 is 4.79 Å². The van der Waals surface area contributed by atoms with E-state index in [1.54, 1.807) is 18.8 Å². The van der Waals surface area contributed by atoms with Gasteiger partial charge in [-0.05, 0) is 30.9 Å². The third-order valence-electron chi connectivity index (χ3n) is 3.55. The Labute approximate surface area is 95.6 Å². The van der Waals surface area contributed by atoms with Gasteiger partial charge in [-0.3, -0.25) is 4.79 Å². The molecule has 1 saturated heterocycles. The summed E-state index contributed by atoms with van der Waals surface area (Å²) in [5.74, 6) is 2.01. The minimum absolute atomic E-state index is 0.0393. The van der Waals surface area contributed by atoms with Crippen molar-refractivity contribution in [2.75, 3.05) is 12.8 Å². The smallest absolute Gasteiger partial charge is 0.237 e. The zero-order valence-corrected chi connectivity index (χ0v) is 10.1. The number of carbonyl (C=O) groups is 1. The SMILES string of the molecule is CNC(=O)C1(C(N)CC2CC2)CCCS1. The molecule has 2 rings (SSSR count). The molecule has 15 heavy (non-hydrogen) atoms. The van der Waals surface area contributed by atoms with Crippen molar-refractivity contribution in [2.24, 2.45) is 11.7 Å². The first kappa shape index (κ1) is 11.3. The van der Waals surface area contributed by atoms with Crippen LogP contribution in [0, 0.1) is 5.92 Å². The number of nitrogens with two attached hydrogens (primary N) is 1. The molecule has 0 aromatic rings. The van der Waals surface area contributed by atoms with E-state index in [0.717, 1.165) is 30.9 Å². The fourth-order valence-electron chi connectivity index (χ4n) is 2.42. The summed E-state index contributed by atoms with van der Waals surface area (Å²) in [6.07, 6.45) is 5.71. The molecule has 1 saturated carbocycles. The van der Waals surface area contributed by atoms with E-state index in [0.29, 0.717) is 0 Å². The topological polar surface area (TPSA) is 55.1 Å². The zero-order valence-electron chi connectivity index (χ0n) is 9.29. The molecule has 0 aromatic carbocycles. The summed E-state index contributed by atoms with van der Waals surface area (Å²) < 4.78 is -0.322. The molecule has 1 heterocycles. The van der Waals surface area contributed by atoms with Crippen molar-refractivity contribution in [1.29, 1.82) is 0 Å². The molecule has 0 bridgehead atoms. The van der Waals surface area contributed by atoms with Gasteiger partial charge in [-0.1, -0.05) is 12.8 Å². The highest BCUT2D eigenvalue weighted by molar-refractivity contribution is 8.01. The van der Waals surface area contributed by atoms with Gasteiger partial charge in [0, 0.05) is 13.1 Å². The van der Waals surface area contributed by atoms with Crippen LogP contribution >= 0.6 is 11.8 Å². The van der Waals surface area contributed by atoms with Crippen molar-refractivity contribution in [1.82, 2.24) is 5.32 Å². The Balaban J connectivity index is 2.05. The second kappa shape index (κ2) is 4.34. The fraction of sp³-hybridized carbons (Fsp3) is 0.909. The largest absolute Gasteiger partial charge is 0.358 e. The number of thioether (sulfide) groups is 1. The maximum atomic E-state index is 12.0. The lowest BCUT2D eigenvalue weighted by Gasteiger charge is -2.32. The highest BCUT2D eigenvalue weighted by atomic mass is 32.2. The quantitative estimate of drug-likeness (QED) is 0.758. The van der Waals surface area contributed by atoms with Gasteiger partial charge in [-0.2, -0.15) is 0 Å². The molecule has 2 aliphatic rings. The van der Waals surface area contributed by atoms with Crippen LogP contribution in [-0.2, 0) is 4.79 Å². The molecule has 0 spiro atoms. The second-order valence-electron chi connectivity index (χ2n) is 4.71. The van der Waals surface area contributed by atoms with E-state index >= 15 is 0 Å². The molecule has 0 aromatic heterocycles. The van der Waals surface area contributed by atoms with Crippen molar-refractivity contribution in [3.8, 4) is 0 Å². The van der Waals surface area contributed by atoms with E-state index < -0.39 is 0 Å². The number of nitrogens with one attached hydrogen (secondary N) is 1. The van der Waals surface area contributed by atoms with Crippen molar-refractivity contribution in [3.63, 3.8) is 0 Å². The molecule has 0 radical (unpaired) electrons. The van der Waals surface area contributed by atoms with Gasteiger partial charge in [0.1, 0.15) is 4.75 Å². The van der Waals surface area contributed by atoms with Crippen LogP contribution in [0.25, 0.3) is 0 Å². The highest BCUT2D eigenvalue weighted by Gasteiger charge is 2.47. The molecule has 2 unspecified atom stereocenters. The molecule has 3 N–H and O–H groups in total. The molecule has 1 aliphatic carbocycles. The molecule has 1 amide bonds. The molecule has 1 aliphatic heterocycles. The number of hydrogen-bond acceptors (Lipinski definition) is 3. The van der Waals surface area contributed by atoms with Gasteiger partial charge in [-0.25, -0.2) is 0 Å². The lowest BCUT2D eigenvalue weighted by Crippen LogP contribution is -2.54. The van der Waals surface area contributed by atoms with Gasteiger partial charge in [0.15, 0.2) is 0 Å².